The molecule has 4 rings (SSSR count). The molecule has 2 amide bonds. The van der Waals surface area contributed by atoms with Gasteiger partial charge in [-0.1, -0.05) is 0 Å². The van der Waals surface area contributed by atoms with Gasteiger partial charge in [-0.2, -0.15) is 13.2 Å². The molecule has 11 heteroatoms. The predicted octanol–water partition coefficient (Wildman–Crippen LogP) is 2.40. The lowest BCUT2D eigenvalue weighted by Crippen LogP contribution is -2.45. The molecule has 1 aliphatic heterocycles. The van der Waals surface area contributed by atoms with Crippen LogP contribution >= 0.6 is 0 Å². The van der Waals surface area contributed by atoms with E-state index in [1.54, 1.807) is 0 Å². The van der Waals surface area contributed by atoms with Crippen molar-refractivity contribution < 1.29 is 27.5 Å². The van der Waals surface area contributed by atoms with E-state index in [0.717, 1.165) is 50.4 Å². The predicted molar refractivity (Wildman–Crippen MR) is 108 cm³/mol. The number of hydrogen-bond donors (Lipinski definition) is 4. The molecule has 32 heavy (non-hydrogen) atoms. The second-order valence-electron chi connectivity index (χ2n) is 9.25. The number of alkyl carbamates (subject to hydrolysis) is 1. The van der Waals surface area contributed by atoms with Crippen LogP contribution in [-0.2, 0) is 22.1 Å². The number of ether oxygens (including phenoxy) is 1. The second kappa shape index (κ2) is 8.86. The van der Waals surface area contributed by atoms with Crippen molar-refractivity contribution >= 4 is 12.0 Å². The zero-order valence-electron chi connectivity index (χ0n) is 17.8. The maximum Gasteiger partial charge on any atom is 0.416 e. The van der Waals surface area contributed by atoms with Gasteiger partial charge in [0.15, 0.2) is 0 Å². The number of carbonyl (C=O) groups excluding carboxylic acids is 2. The molecule has 2 heterocycles. The molecule has 4 atom stereocenters. The smallest absolute Gasteiger partial charge is 0.416 e. The van der Waals surface area contributed by atoms with E-state index in [1.165, 1.54) is 0 Å². The van der Waals surface area contributed by atoms with Crippen LogP contribution in [-0.4, -0.2) is 40.8 Å². The molecule has 2 unspecified atom stereocenters. The lowest BCUT2D eigenvalue weighted by molar-refractivity contribution is -0.137. The Balaban J connectivity index is 1.20. The molecule has 0 aromatic carbocycles. The Morgan fingerprint density at radius 3 is 2.75 bits per heavy atom. The third kappa shape index (κ3) is 5.89. The summed E-state index contributed by atoms with van der Waals surface area (Å²) in [7, 11) is 0. The lowest BCUT2D eigenvalue weighted by Gasteiger charge is -2.19. The van der Waals surface area contributed by atoms with E-state index in [2.05, 4.69) is 26.5 Å². The minimum Gasteiger partial charge on any atom is -0.446 e. The van der Waals surface area contributed by atoms with Crippen molar-refractivity contribution in [2.24, 2.45) is 5.92 Å². The fourth-order valence-electron chi connectivity index (χ4n) is 4.33. The highest BCUT2D eigenvalue weighted by Gasteiger charge is 2.41. The quantitative estimate of drug-likeness (QED) is 0.525. The maximum absolute atomic E-state index is 12.8. The van der Waals surface area contributed by atoms with Crippen molar-refractivity contribution in [2.45, 2.75) is 81.9 Å². The number of amides is 2. The zero-order chi connectivity index (χ0) is 22.9. The molecule has 2 aliphatic carbocycles. The maximum atomic E-state index is 12.8. The van der Waals surface area contributed by atoms with Crippen LogP contribution in [0.25, 0.3) is 0 Å². The highest BCUT2D eigenvalue weighted by molar-refractivity contribution is 5.78. The number of pyridine rings is 1. The molecule has 2 saturated carbocycles. The Kier molecular flexibility index (Phi) is 6.30. The summed E-state index contributed by atoms with van der Waals surface area (Å²) >= 11 is 0. The minimum absolute atomic E-state index is 0.0638. The standard InChI is InChI=1S/C21H28F3N5O3/c1-20(5-6-20)27-19(31)32-15-3-2-12(8-15)16-11-17(29-28-16)26-18(30)10-14-9-13(4-7-25-14)21(22,23)24/h4,7,9,12,15-17,28-29H,2-3,5-6,8,10-11H2,1H3,(H,26,30)(H,27,31)/t12-,15+,16?,17?/m0/s1. The average molecular weight is 455 g/mol. The van der Waals surface area contributed by atoms with Crippen molar-refractivity contribution in [3.63, 3.8) is 0 Å². The summed E-state index contributed by atoms with van der Waals surface area (Å²) in [5.41, 5.74) is 5.34. The summed E-state index contributed by atoms with van der Waals surface area (Å²) in [4.78, 5) is 28.2. The van der Waals surface area contributed by atoms with Crippen LogP contribution in [0.2, 0.25) is 0 Å². The number of hydrazine groups is 1. The number of alkyl halides is 3. The molecular weight excluding hydrogens is 427 g/mol. The van der Waals surface area contributed by atoms with Gasteiger partial charge in [-0.3, -0.25) is 15.2 Å². The van der Waals surface area contributed by atoms with Gasteiger partial charge in [-0.25, -0.2) is 10.2 Å². The normalized spacial score (nSPS) is 28.9. The molecule has 0 spiro atoms. The monoisotopic (exact) mass is 455 g/mol. The molecule has 1 aromatic heterocycles. The zero-order valence-corrected chi connectivity index (χ0v) is 17.8. The van der Waals surface area contributed by atoms with Crippen molar-refractivity contribution in [3.8, 4) is 0 Å². The molecule has 0 radical (unpaired) electrons. The molecule has 1 saturated heterocycles. The van der Waals surface area contributed by atoms with Gasteiger partial charge in [0.05, 0.1) is 23.8 Å². The van der Waals surface area contributed by atoms with Crippen LogP contribution in [0.15, 0.2) is 18.3 Å². The van der Waals surface area contributed by atoms with Gasteiger partial charge >= 0.3 is 12.3 Å². The number of rotatable bonds is 6. The van der Waals surface area contributed by atoms with E-state index in [9.17, 15) is 22.8 Å². The first-order chi connectivity index (χ1) is 15.1. The summed E-state index contributed by atoms with van der Waals surface area (Å²) in [6.45, 7) is 2.00. The first-order valence-electron chi connectivity index (χ1n) is 10.9. The first kappa shape index (κ1) is 22.8. The van der Waals surface area contributed by atoms with Gasteiger partial charge in [-0.15, -0.1) is 0 Å². The van der Waals surface area contributed by atoms with Crippen LogP contribution in [0.5, 0.6) is 0 Å². The number of nitrogens with zero attached hydrogens (tertiary/aromatic N) is 1. The van der Waals surface area contributed by atoms with E-state index >= 15 is 0 Å². The Bertz CT molecular complexity index is 861. The number of aromatic nitrogens is 1. The fourth-order valence-corrected chi connectivity index (χ4v) is 4.33. The van der Waals surface area contributed by atoms with Gasteiger partial charge in [-0.05, 0) is 63.5 Å². The number of carbonyl (C=O) groups is 2. The highest BCUT2D eigenvalue weighted by Crippen LogP contribution is 2.36. The van der Waals surface area contributed by atoms with Crippen LogP contribution in [0.4, 0.5) is 18.0 Å². The van der Waals surface area contributed by atoms with Crippen molar-refractivity contribution in [2.75, 3.05) is 0 Å². The van der Waals surface area contributed by atoms with Crippen LogP contribution in [0, 0.1) is 5.92 Å². The first-order valence-corrected chi connectivity index (χ1v) is 10.9. The third-order valence-corrected chi connectivity index (χ3v) is 6.43. The summed E-state index contributed by atoms with van der Waals surface area (Å²) in [6, 6.07) is 1.87. The summed E-state index contributed by atoms with van der Waals surface area (Å²) in [5.74, 6) is -0.113. The average Bonchev–Trinajstić information content (AvgIpc) is 3.07. The molecule has 3 aliphatic rings. The molecule has 1 aromatic rings. The molecule has 176 valence electrons. The van der Waals surface area contributed by atoms with E-state index < -0.39 is 17.6 Å². The summed E-state index contributed by atoms with van der Waals surface area (Å²) in [6.07, 6.45) is 0.561. The molecule has 3 fully saturated rings. The SMILES string of the molecule is CC1(NC(=O)O[C@@H]2CC[C@H](C3CC(NC(=O)Cc4cc(C(F)(F)F)ccn4)NN3)C2)CC1. The fraction of sp³-hybridized carbons (Fsp3) is 0.667. The van der Waals surface area contributed by atoms with E-state index in [1.807, 2.05) is 6.92 Å². The van der Waals surface area contributed by atoms with Crippen LogP contribution in [0.3, 0.4) is 0 Å². The van der Waals surface area contributed by atoms with Gasteiger partial charge in [0.2, 0.25) is 5.91 Å². The highest BCUT2D eigenvalue weighted by atomic mass is 19.4. The molecular formula is C21H28F3N5O3. The molecule has 0 bridgehead atoms. The van der Waals surface area contributed by atoms with Crippen molar-refractivity contribution in [1.82, 2.24) is 26.5 Å². The van der Waals surface area contributed by atoms with Gasteiger partial charge in [0, 0.05) is 17.8 Å². The lowest BCUT2D eigenvalue weighted by atomic mass is 9.96. The number of halogens is 3. The van der Waals surface area contributed by atoms with Gasteiger partial charge < -0.3 is 15.4 Å². The number of hydrogen-bond acceptors (Lipinski definition) is 6. The van der Waals surface area contributed by atoms with E-state index in [0.29, 0.717) is 12.3 Å². The van der Waals surface area contributed by atoms with Crippen molar-refractivity contribution in [1.29, 1.82) is 0 Å². The molecule has 4 N–H and O–H groups in total. The third-order valence-electron chi connectivity index (χ3n) is 6.43. The van der Waals surface area contributed by atoms with Crippen LogP contribution < -0.4 is 21.5 Å². The topological polar surface area (TPSA) is 104 Å². The Morgan fingerprint density at radius 1 is 1.25 bits per heavy atom. The second-order valence-corrected chi connectivity index (χ2v) is 9.25. The van der Waals surface area contributed by atoms with Crippen molar-refractivity contribution in [3.05, 3.63) is 29.6 Å². The van der Waals surface area contributed by atoms with Gasteiger partial charge in [0.25, 0.3) is 0 Å². The summed E-state index contributed by atoms with van der Waals surface area (Å²) < 4.78 is 44.0. The Labute approximate surface area is 184 Å². The van der Waals surface area contributed by atoms with E-state index in [4.69, 9.17) is 4.74 Å². The van der Waals surface area contributed by atoms with E-state index in [-0.39, 0.29) is 42.1 Å². The van der Waals surface area contributed by atoms with Gasteiger partial charge in [0.1, 0.15) is 6.10 Å². The summed E-state index contributed by atoms with van der Waals surface area (Å²) in [5, 5.41) is 5.68. The van der Waals surface area contributed by atoms with Crippen LogP contribution in [0.1, 0.15) is 56.7 Å². The Morgan fingerprint density at radius 2 is 2.03 bits per heavy atom. The largest absolute Gasteiger partial charge is 0.446 e. The minimum atomic E-state index is -4.47. The Hall–Kier alpha value is -2.40. The number of nitrogens with one attached hydrogen (secondary N) is 4. The molecule has 8 nitrogen and oxygen atoms in total.